The zero-order chi connectivity index (χ0) is 18.4. The number of amides is 2. The van der Waals surface area contributed by atoms with Gasteiger partial charge in [0.25, 0.3) is 0 Å². The second kappa shape index (κ2) is 8.35. The minimum atomic E-state index is -0.295. The van der Waals surface area contributed by atoms with Crippen molar-refractivity contribution in [1.29, 1.82) is 0 Å². The van der Waals surface area contributed by atoms with E-state index in [9.17, 15) is 4.79 Å². The number of methoxy groups -OCH3 is 2. The largest absolute Gasteiger partial charge is 0.497 e. The lowest BCUT2D eigenvalue weighted by Gasteiger charge is -2.06. The first-order valence-corrected chi connectivity index (χ1v) is 8.83. The Morgan fingerprint density at radius 3 is 2.23 bits per heavy atom. The van der Waals surface area contributed by atoms with Crippen molar-refractivity contribution < 1.29 is 14.3 Å². The number of urea groups is 1. The van der Waals surface area contributed by atoms with Crippen LogP contribution in [0.3, 0.4) is 0 Å². The van der Waals surface area contributed by atoms with Crippen molar-refractivity contribution in [3.8, 4) is 22.8 Å². The van der Waals surface area contributed by atoms with Crippen molar-refractivity contribution in [3.05, 3.63) is 59.5 Å². The van der Waals surface area contributed by atoms with E-state index in [2.05, 4.69) is 15.6 Å². The number of thiazole rings is 1. The zero-order valence-electron chi connectivity index (χ0n) is 14.5. The highest BCUT2D eigenvalue weighted by Crippen LogP contribution is 2.26. The van der Waals surface area contributed by atoms with E-state index < -0.39 is 0 Å². The molecule has 0 aliphatic rings. The van der Waals surface area contributed by atoms with Crippen LogP contribution in [-0.4, -0.2) is 25.2 Å². The molecule has 0 atom stereocenters. The summed E-state index contributed by atoms with van der Waals surface area (Å²) in [5.74, 6) is 1.58. The molecule has 0 unspecified atom stereocenters. The Kier molecular flexibility index (Phi) is 5.70. The monoisotopic (exact) mass is 369 g/mol. The number of hydrogen-bond acceptors (Lipinski definition) is 5. The van der Waals surface area contributed by atoms with Gasteiger partial charge in [-0.3, -0.25) is 5.32 Å². The molecule has 0 bridgehead atoms. The Morgan fingerprint density at radius 2 is 1.62 bits per heavy atom. The predicted molar refractivity (Wildman–Crippen MR) is 103 cm³/mol. The Bertz CT molecular complexity index is 860. The van der Waals surface area contributed by atoms with Gasteiger partial charge in [-0.1, -0.05) is 12.1 Å². The third kappa shape index (κ3) is 4.52. The second-order valence-electron chi connectivity index (χ2n) is 5.42. The predicted octanol–water partition coefficient (Wildman–Crippen LogP) is 4.15. The molecule has 2 N–H and O–H groups in total. The van der Waals surface area contributed by atoms with Crippen LogP contribution in [0.25, 0.3) is 11.3 Å². The first kappa shape index (κ1) is 17.8. The summed E-state index contributed by atoms with van der Waals surface area (Å²) in [4.78, 5) is 16.5. The van der Waals surface area contributed by atoms with Gasteiger partial charge in [0.2, 0.25) is 0 Å². The second-order valence-corrected chi connectivity index (χ2v) is 6.28. The van der Waals surface area contributed by atoms with Crippen LogP contribution in [-0.2, 0) is 6.54 Å². The van der Waals surface area contributed by atoms with E-state index in [1.54, 1.807) is 14.2 Å². The molecule has 0 aliphatic heterocycles. The Morgan fingerprint density at radius 1 is 1.00 bits per heavy atom. The van der Waals surface area contributed by atoms with Crippen molar-refractivity contribution >= 4 is 22.5 Å². The van der Waals surface area contributed by atoms with Gasteiger partial charge < -0.3 is 14.8 Å². The average Bonchev–Trinajstić information content (AvgIpc) is 3.15. The Labute approximate surface area is 155 Å². The van der Waals surface area contributed by atoms with Gasteiger partial charge in [-0.15, -0.1) is 11.3 Å². The van der Waals surface area contributed by atoms with E-state index in [1.165, 1.54) is 11.3 Å². The molecule has 0 radical (unpaired) electrons. The van der Waals surface area contributed by atoms with Gasteiger partial charge in [-0.2, -0.15) is 0 Å². The van der Waals surface area contributed by atoms with E-state index in [1.807, 2.05) is 53.9 Å². The van der Waals surface area contributed by atoms with E-state index in [0.717, 1.165) is 28.3 Å². The summed E-state index contributed by atoms with van der Waals surface area (Å²) in [6, 6.07) is 14.9. The maximum Gasteiger partial charge on any atom is 0.321 e. The lowest BCUT2D eigenvalue weighted by Crippen LogP contribution is -2.28. The molecule has 2 amide bonds. The quantitative estimate of drug-likeness (QED) is 0.685. The lowest BCUT2D eigenvalue weighted by molar-refractivity contribution is 0.251. The van der Waals surface area contributed by atoms with Gasteiger partial charge >= 0.3 is 6.03 Å². The molecule has 7 heteroatoms. The number of carbonyl (C=O) groups excluding carboxylic acids is 1. The number of benzene rings is 2. The van der Waals surface area contributed by atoms with Crippen LogP contribution >= 0.6 is 11.3 Å². The number of hydrogen-bond donors (Lipinski definition) is 2. The highest BCUT2D eigenvalue weighted by molar-refractivity contribution is 7.14. The Balaban J connectivity index is 1.55. The molecule has 0 fully saturated rings. The first-order valence-electron chi connectivity index (χ1n) is 7.95. The van der Waals surface area contributed by atoms with E-state index in [-0.39, 0.29) is 6.03 Å². The smallest absolute Gasteiger partial charge is 0.321 e. The third-order valence-electron chi connectivity index (χ3n) is 3.72. The van der Waals surface area contributed by atoms with E-state index in [0.29, 0.717) is 11.7 Å². The fourth-order valence-corrected chi connectivity index (χ4v) is 3.01. The Hall–Kier alpha value is -3.06. The number of anilines is 1. The summed E-state index contributed by atoms with van der Waals surface area (Å²) < 4.78 is 10.3. The van der Waals surface area contributed by atoms with Crippen molar-refractivity contribution in [3.63, 3.8) is 0 Å². The number of rotatable bonds is 6. The van der Waals surface area contributed by atoms with Crippen LogP contribution < -0.4 is 20.1 Å². The number of nitrogens with one attached hydrogen (secondary N) is 2. The lowest BCUT2D eigenvalue weighted by atomic mass is 10.2. The maximum absolute atomic E-state index is 12.0. The molecule has 1 heterocycles. The molecule has 0 saturated heterocycles. The fourth-order valence-electron chi connectivity index (χ4n) is 2.29. The summed E-state index contributed by atoms with van der Waals surface area (Å²) in [6.45, 7) is 0.423. The number of aromatic nitrogens is 1. The van der Waals surface area contributed by atoms with Crippen LogP contribution in [0.5, 0.6) is 11.5 Å². The van der Waals surface area contributed by atoms with Crippen molar-refractivity contribution in [2.24, 2.45) is 0 Å². The molecule has 0 spiro atoms. The van der Waals surface area contributed by atoms with Crippen LogP contribution in [0.2, 0.25) is 0 Å². The molecular formula is C19H19N3O3S. The summed E-state index contributed by atoms with van der Waals surface area (Å²) in [6.07, 6.45) is 0. The summed E-state index contributed by atoms with van der Waals surface area (Å²) in [5, 5.41) is 8.01. The van der Waals surface area contributed by atoms with E-state index in [4.69, 9.17) is 9.47 Å². The highest BCUT2D eigenvalue weighted by Gasteiger charge is 2.08. The summed E-state index contributed by atoms with van der Waals surface area (Å²) in [7, 11) is 3.25. The zero-order valence-corrected chi connectivity index (χ0v) is 15.3. The van der Waals surface area contributed by atoms with Gasteiger partial charge in [-0.05, 0) is 42.0 Å². The first-order chi connectivity index (χ1) is 12.7. The normalized spacial score (nSPS) is 10.2. The molecule has 0 saturated carbocycles. The molecule has 0 aliphatic carbocycles. The molecule has 134 valence electrons. The number of nitrogens with zero attached hydrogens (tertiary/aromatic N) is 1. The van der Waals surface area contributed by atoms with Crippen LogP contribution in [0, 0.1) is 0 Å². The van der Waals surface area contributed by atoms with Crippen molar-refractivity contribution in [2.45, 2.75) is 6.54 Å². The van der Waals surface area contributed by atoms with Crippen LogP contribution in [0.15, 0.2) is 53.9 Å². The number of ether oxygens (including phenoxy) is 2. The topological polar surface area (TPSA) is 72.5 Å². The highest BCUT2D eigenvalue weighted by atomic mass is 32.1. The number of carbonyl (C=O) groups is 1. The molecule has 3 aromatic rings. The molecule has 6 nitrogen and oxygen atoms in total. The molecule has 26 heavy (non-hydrogen) atoms. The molecular weight excluding hydrogens is 350 g/mol. The summed E-state index contributed by atoms with van der Waals surface area (Å²) >= 11 is 1.38. The minimum absolute atomic E-state index is 0.295. The van der Waals surface area contributed by atoms with Crippen LogP contribution in [0.1, 0.15) is 5.56 Å². The van der Waals surface area contributed by atoms with Gasteiger partial charge in [-0.25, -0.2) is 9.78 Å². The molecule has 3 rings (SSSR count). The van der Waals surface area contributed by atoms with Crippen molar-refractivity contribution in [1.82, 2.24) is 10.3 Å². The minimum Gasteiger partial charge on any atom is -0.497 e. The third-order valence-corrected chi connectivity index (χ3v) is 4.48. The van der Waals surface area contributed by atoms with Gasteiger partial charge in [0.1, 0.15) is 11.5 Å². The maximum atomic E-state index is 12.0. The van der Waals surface area contributed by atoms with E-state index >= 15 is 0 Å². The standard InChI is InChI=1S/C19H19N3O3S/c1-24-15-7-3-13(4-8-15)11-20-18(23)22-19-21-17(12-26-19)14-5-9-16(25-2)10-6-14/h3-10,12H,11H2,1-2H3,(H2,20,21,22,23). The molecule has 2 aromatic carbocycles. The van der Waals surface area contributed by atoms with Crippen LogP contribution in [0.4, 0.5) is 9.93 Å². The summed E-state index contributed by atoms with van der Waals surface area (Å²) in [5.41, 5.74) is 2.76. The van der Waals surface area contributed by atoms with Crippen molar-refractivity contribution in [2.75, 3.05) is 19.5 Å². The van der Waals surface area contributed by atoms with Gasteiger partial charge in [0.05, 0.1) is 19.9 Å². The average molecular weight is 369 g/mol. The van der Waals surface area contributed by atoms with Gasteiger partial charge in [0, 0.05) is 17.5 Å². The van der Waals surface area contributed by atoms with Gasteiger partial charge in [0.15, 0.2) is 5.13 Å². The SMILES string of the molecule is COc1ccc(CNC(=O)Nc2nc(-c3ccc(OC)cc3)cs2)cc1. The molecule has 1 aromatic heterocycles. The fraction of sp³-hybridized carbons (Fsp3) is 0.158.